The van der Waals surface area contributed by atoms with Crippen molar-refractivity contribution in [2.75, 3.05) is 0 Å². The Labute approximate surface area is 142 Å². The Balaban J connectivity index is 0.000000477. The lowest BCUT2D eigenvalue weighted by molar-refractivity contribution is 0.447. The van der Waals surface area contributed by atoms with E-state index in [1.165, 1.54) is 42.5 Å². The predicted molar refractivity (Wildman–Crippen MR) is 101 cm³/mol. The van der Waals surface area contributed by atoms with Gasteiger partial charge in [0.1, 0.15) is 0 Å². The Kier molecular flexibility index (Phi) is 9.97. The first-order valence-corrected chi connectivity index (χ1v) is 9.06. The molecule has 1 aromatic carbocycles. The number of fused-ring (bicyclic) bond motifs is 1. The van der Waals surface area contributed by atoms with Gasteiger partial charge >= 0.3 is 0 Å². The first kappa shape index (κ1) is 19.4. The lowest BCUT2D eigenvalue weighted by Crippen LogP contribution is -2.25. The highest BCUT2D eigenvalue weighted by atomic mass is 14.9. The van der Waals surface area contributed by atoms with Crippen molar-refractivity contribution in [1.82, 2.24) is 10.3 Å². The molecule has 1 aliphatic rings. The highest BCUT2D eigenvalue weighted by Crippen LogP contribution is 2.27. The minimum absolute atomic E-state index is 0.412. The molecular weight excluding hydrogens is 280 g/mol. The highest BCUT2D eigenvalue weighted by molar-refractivity contribution is 5.25. The van der Waals surface area contributed by atoms with Gasteiger partial charge in [0.25, 0.3) is 0 Å². The lowest BCUT2D eigenvalue weighted by atomic mass is 9.92. The van der Waals surface area contributed by atoms with E-state index in [0.29, 0.717) is 6.04 Å². The Hall–Kier alpha value is -1.67. The van der Waals surface area contributed by atoms with Crippen LogP contribution in [0.15, 0.2) is 48.7 Å². The Morgan fingerprint density at radius 3 is 2.43 bits per heavy atom. The largest absolute Gasteiger partial charge is 0.305 e. The van der Waals surface area contributed by atoms with Crippen LogP contribution < -0.4 is 5.32 Å². The van der Waals surface area contributed by atoms with Gasteiger partial charge in [-0.3, -0.25) is 4.98 Å². The van der Waals surface area contributed by atoms with Crippen molar-refractivity contribution in [2.24, 2.45) is 0 Å². The molecule has 2 heteroatoms. The van der Waals surface area contributed by atoms with Crippen LogP contribution in [0.5, 0.6) is 0 Å². The summed E-state index contributed by atoms with van der Waals surface area (Å²) < 4.78 is 0. The van der Waals surface area contributed by atoms with Gasteiger partial charge in [0.15, 0.2) is 0 Å². The zero-order chi connectivity index (χ0) is 16.9. The van der Waals surface area contributed by atoms with Crippen LogP contribution in [0.4, 0.5) is 0 Å². The third kappa shape index (κ3) is 6.54. The fourth-order valence-corrected chi connectivity index (χ4v) is 2.64. The summed E-state index contributed by atoms with van der Waals surface area (Å²) in [5.74, 6) is 0. The second-order valence-electron chi connectivity index (χ2n) is 5.57. The molecule has 2 aromatic rings. The van der Waals surface area contributed by atoms with Gasteiger partial charge in [-0.2, -0.15) is 0 Å². The van der Waals surface area contributed by atoms with Crippen LogP contribution in [-0.2, 0) is 13.0 Å². The van der Waals surface area contributed by atoms with Crippen molar-refractivity contribution >= 4 is 0 Å². The third-order valence-electron chi connectivity index (χ3n) is 3.59. The average molecular weight is 313 g/mol. The van der Waals surface area contributed by atoms with Gasteiger partial charge in [-0.25, -0.2) is 0 Å². The molecule has 1 aliphatic carbocycles. The lowest BCUT2D eigenvalue weighted by Gasteiger charge is -2.25. The van der Waals surface area contributed by atoms with E-state index < -0.39 is 0 Å². The molecule has 0 spiro atoms. The van der Waals surface area contributed by atoms with Crippen LogP contribution >= 0.6 is 0 Å². The maximum atomic E-state index is 4.55. The van der Waals surface area contributed by atoms with Crippen LogP contribution in [0.2, 0.25) is 0 Å². The molecule has 1 N–H and O–H groups in total. The second kappa shape index (κ2) is 11.8. The fraction of sp³-hybridized carbons (Fsp3) is 0.476. The van der Waals surface area contributed by atoms with E-state index in [0.717, 1.165) is 6.54 Å². The van der Waals surface area contributed by atoms with Crippen molar-refractivity contribution in [3.8, 4) is 0 Å². The molecule has 1 heterocycles. The molecule has 1 unspecified atom stereocenters. The quantitative estimate of drug-likeness (QED) is 0.787. The molecule has 23 heavy (non-hydrogen) atoms. The summed E-state index contributed by atoms with van der Waals surface area (Å²) in [4.78, 5) is 4.55. The number of nitrogens with one attached hydrogen (secondary N) is 1. The molecule has 0 fully saturated rings. The van der Waals surface area contributed by atoms with E-state index in [9.17, 15) is 0 Å². The van der Waals surface area contributed by atoms with Crippen LogP contribution in [-0.4, -0.2) is 4.98 Å². The molecule has 2 nitrogen and oxygen atoms in total. The molecule has 0 saturated carbocycles. The van der Waals surface area contributed by atoms with Crippen molar-refractivity contribution in [3.63, 3.8) is 0 Å². The Morgan fingerprint density at radius 1 is 1.04 bits per heavy atom. The van der Waals surface area contributed by atoms with Gasteiger partial charge < -0.3 is 5.32 Å². The molecule has 126 valence electrons. The summed E-state index contributed by atoms with van der Waals surface area (Å²) >= 11 is 0. The molecular formula is C21H32N2. The number of rotatable bonds is 3. The molecule has 1 aromatic heterocycles. The normalized spacial score (nSPS) is 15.4. The molecule has 0 amide bonds. The summed E-state index contributed by atoms with van der Waals surface area (Å²) in [6, 6.07) is 15.2. The average Bonchev–Trinajstić information content (AvgIpc) is 2.63. The van der Waals surface area contributed by atoms with E-state index in [-0.39, 0.29) is 0 Å². The maximum Gasteiger partial charge on any atom is 0.0605 e. The third-order valence-corrected chi connectivity index (χ3v) is 3.59. The number of hydrogen-bond donors (Lipinski definition) is 1. The van der Waals surface area contributed by atoms with E-state index in [1.54, 1.807) is 0 Å². The zero-order valence-corrected chi connectivity index (χ0v) is 15.2. The summed E-state index contributed by atoms with van der Waals surface area (Å²) in [6.07, 6.45) is 6.77. The fourth-order valence-electron chi connectivity index (χ4n) is 2.64. The molecule has 1 atom stereocenters. The molecule has 0 aliphatic heterocycles. The number of aromatic nitrogens is 1. The topological polar surface area (TPSA) is 24.9 Å². The Morgan fingerprint density at radius 2 is 1.74 bits per heavy atom. The van der Waals surface area contributed by atoms with Crippen LogP contribution in [0.25, 0.3) is 0 Å². The van der Waals surface area contributed by atoms with Gasteiger partial charge in [0.05, 0.1) is 11.7 Å². The van der Waals surface area contributed by atoms with Crippen LogP contribution in [0, 0.1) is 0 Å². The molecule has 0 radical (unpaired) electrons. The zero-order valence-electron chi connectivity index (χ0n) is 15.2. The smallest absolute Gasteiger partial charge is 0.0605 e. The standard InChI is InChI=1S/C16H18N2.C3H8.C2H6/c1-2-6-13(7-3-1)12-18-15-10-4-8-14-9-5-11-17-16(14)15;1-3-2;1-2/h1-3,5-7,9,11,15,18H,4,8,10,12H2;3H2,1-2H3;1-2H3. The first-order chi connectivity index (χ1) is 11.3. The number of aryl methyl sites for hydroxylation is 1. The second-order valence-corrected chi connectivity index (χ2v) is 5.57. The number of pyridine rings is 1. The maximum absolute atomic E-state index is 4.55. The van der Waals surface area contributed by atoms with E-state index in [2.05, 4.69) is 60.5 Å². The number of hydrogen-bond acceptors (Lipinski definition) is 2. The van der Waals surface area contributed by atoms with Gasteiger partial charge in [0, 0.05) is 12.7 Å². The molecule has 0 saturated heterocycles. The van der Waals surface area contributed by atoms with Crippen molar-refractivity contribution in [1.29, 1.82) is 0 Å². The summed E-state index contributed by atoms with van der Waals surface area (Å²) in [5.41, 5.74) is 3.99. The molecule has 0 bridgehead atoms. The van der Waals surface area contributed by atoms with E-state index in [1.807, 2.05) is 26.1 Å². The van der Waals surface area contributed by atoms with Crippen molar-refractivity contribution in [2.45, 2.75) is 66.0 Å². The first-order valence-electron chi connectivity index (χ1n) is 9.06. The van der Waals surface area contributed by atoms with Gasteiger partial charge in [-0.15, -0.1) is 0 Å². The Bertz CT molecular complexity index is 522. The predicted octanol–water partition coefficient (Wildman–Crippen LogP) is 5.69. The van der Waals surface area contributed by atoms with E-state index in [4.69, 9.17) is 0 Å². The van der Waals surface area contributed by atoms with Gasteiger partial charge in [0.2, 0.25) is 0 Å². The molecule has 3 rings (SSSR count). The number of nitrogens with zero attached hydrogens (tertiary/aromatic N) is 1. The minimum Gasteiger partial charge on any atom is -0.305 e. The number of benzene rings is 1. The van der Waals surface area contributed by atoms with Crippen LogP contribution in [0.1, 0.15) is 69.8 Å². The van der Waals surface area contributed by atoms with Crippen molar-refractivity contribution in [3.05, 3.63) is 65.5 Å². The van der Waals surface area contributed by atoms with E-state index >= 15 is 0 Å². The highest BCUT2D eigenvalue weighted by Gasteiger charge is 2.20. The summed E-state index contributed by atoms with van der Waals surface area (Å²) in [5, 5.41) is 3.63. The summed E-state index contributed by atoms with van der Waals surface area (Å²) in [6.45, 7) is 9.17. The SMILES string of the molecule is CC.CCC.c1ccc(CNC2CCCc3cccnc32)cc1. The van der Waals surface area contributed by atoms with Gasteiger partial charge in [-0.05, 0) is 36.5 Å². The van der Waals surface area contributed by atoms with Crippen LogP contribution in [0.3, 0.4) is 0 Å². The summed E-state index contributed by atoms with van der Waals surface area (Å²) in [7, 11) is 0. The van der Waals surface area contributed by atoms with Gasteiger partial charge in [-0.1, -0.05) is 70.5 Å². The minimum atomic E-state index is 0.412. The monoisotopic (exact) mass is 312 g/mol. The van der Waals surface area contributed by atoms with Crippen molar-refractivity contribution < 1.29 is 0 Å².